The smallest absolute Gasteiger partial charge is 0.169 e. The molecule has 0 saturated heterocycles. The first-order chi connectivity index (χ1) is 13.7. The summed E-state index contributed by atoms with van der Waals surface area (Å²) in [6.07, 6.45) is 5.32. The molecule has 1 aliphatic rings. The summed E-state index contributed by atoms with van der Waals surface area (Å²) < 4.78 is 23.7. The SMILES string of the molecule is Cc1ccccc1OCc1nn2cc(-c3ccc(F)cc3)c3c2n1CCCC3. The van der Waals surface area contributed by atoms with Crippen LogP contribution in [0.3, 0.4) is 0 Å². The van der Waals surface area contributed by atoms with Crippen molar-refractivity contribution in [1.29, 1.82) is 0 Å². The van der Waals surface area contributed by atoms with E-state index in [0.717, 1.165) is 59.7 Å². The fourth-order valence-electron chi connectivity index (χ4n) is 4.08. The number of halogens is 1. The molecule has 2 aromatic heterocycles. The lowest BCUT2D eigenvalue weighted by Gasteiger charge is -2.10. The molecule has 2 aromatic carbocycles. The second kappa shape index (κ2) is 6.82. The molecule has 5 rings (SSSR count). The summed E-state index contributed by atoms with van der Waals surface area (Å²) in [4.78, 5) is 0. The first kappa shape index (κ1) is 17.0. The van der Waals surface area contributed by atoms with Gasteiger partial charge in [-0.1, -0.05) is 30.3 Å². The molecule has 142 valence electrons. The number of rotatable bonds is 4. The third kappa shape index (κ3) is 2.87. The molecule has 0 atom stereocenters. The number of para-hydroxylation sites is 1. The van der Waals surface area contributed by atoms with E-state index in [9.17, 15) is 4.39 Å². The van der Waals surface area contributed by atoms with Gasteiger partial charge in [-0.05, 0) is 55.5 Å². The first-order valence-electron chi connectivity index (χ1n) is 9.75. The molecule has 0 N–H and O–H groups in total. The number of aryl methyl sites for hydroxylation is 3. The van der Waals surface area contributed by atoms with E-state index in [0.29, 0.717) is 6.61 Å². The fraction of sp³-hybridized carbons (Fsp3) is 0.261. The van der Waals surface area contributed by atoms with Crippen molar-refractivity contribution < 1.29 is 9.13 Å². The van der Waals surface area contributed by atoms with Gasteiger partial charge in [0.25, 0.3) is 0 Å². The van der Waals surface area contributed by atoms with Gasteiger partial charge in [-0.2, -0.15) is 0 Å². The molecule has 0 saturated carbocycles. The molecular weight excluding hydrogens is 353 g/mol. The van der Waals surface area contributed by atoms with Crippen LogP contribution in [0.5, 0.6) is 5.75 Å². The van der Waals surface area contributed by atoms with Gasteiger partial charge in [-0.25, -0.2) is 8.91 Å². The van der Waals surface area contributed by atoms with Gasteiger partial charge in [0.15, 0.2) is 5.82 Å². The third-order valence-corrected chi connectivity index (χ3v) is 5.52. The average Bonchev–Trinajstić information content (AvgIpc) is 3.11. The number of benzene rings is 2. The molecule has 0 aliphatic carbocycles. The molecule has 0 spiro atoms. The molecule has 3 heterocycles. The van der Waals surface area contributed by atoms with Crippen molar-refractivity contribution in [3.8, 4) is 16.9 Å². The average molecular weight is 375 g/mol. The van der Waals surface area contributed by atoms with Gasteiger partial charge in [0.2, 0.25) is 0 Å². The molecule has 0 amide bonds. The van der Waals surface area contributed by atoms with Crippen LogP contribution >= 0.6 is 0 Å². The first-order valence-corrected chi connectivity index (χ1v) is 9.75. The molecular formula is C23H22FN3O. The van der Waals surface area contributed by atoms with Crippen LogP contribution < -0.4 is 4.74 Å². The maximum atomic E-state index is 13.3. The Morgan fingerprint density at radius 1 is 1.07 bits per heavy atom. The monoisotopic (exact) mass is 375 g/mol. The van der Waals surface area contributed by atoms with Crippen molar-refractivity contribution in [3.05, 3.63) is 77.5 Å². The molecule has 4 nitrogen and oxygen atoms in total. The van der Waals surface area contributed by atoms with Crippen molar-refractivity contribution in [2.45, 2.75) is 39.3 Å². The van der Waals surface area contributed by atoms with Gasteiger partial charge < -0.3 is 9.30 Å². The zero-order valence-corrected chi connectivity index (χ0v) is 15.9. The summed E-state index contributed by atoms with van der Waals surface area (Å²) >= 11 is 0. The summed E-state index contributed by atoms with van der Waals surface area (Å²) in [5, 5.41) is 4.82. The molecule has 0 radical (unpaired) electrons. The maximum Gasteiger partial charge on any atom is 0.169 e. The van der Waals surface area contributed by atoms with Gasteiger partial charge in [0.05, 0.1) is 0 Å². The van der Waals surface area contributed by atoms with Crippen molar-refractivity contribution in [2.24, 2.45) is 0 Å². The standard InChI is InChI=1S/C23H22FN3O/c1-16-6-2-3-8-21(16)28-15-22-25-27-14-20(17-9-11-18(24)12-10-17)19-7-4-5-13-26(22)23(19)27/h2-3,6,8-12,14H,4-5,7,13,15H2,1H3. The van der Waals surface area contributed by atoms with Crippen molar-refractivity contribution in [2.75, 3.05) is 0 Å². The number of ether oxygens (including phenoxy) is 1. The Morgan fingerprint density at radius 2 is 1.89 bits per heavy atom. The Kier molecular flexibility index (Phi) is 4.15. The third-order valence-electron chi connectivity index (χ3n) is 5.52. The van der Waals surface area contributed by atoms with Gasteiger partial charge >= 0.3 is 0 Å². The Morgan fingerprint density at radius 3 is 2.71 bits per heavy atom. The van der Waals surface area contributed by atoms with Gasteiger partial charge in [0, 0.05) is 23.9 Å². The normalized spacial score (nSPS) is 13.6. The second-order valence-electron chi connectivity index (χ2n) is 7.38. The second-order valence-corrected chi connectivity index (χ2v) is 7.38. The summed E-state index contributed by atoms with van der Waals surface area (Å²) in [6, 6.07) is 14.8. The van der Waals surface area contributed by atoms with E-state index >= 15 is 0 Å². The lowest BCUT2D eigenvalue weighted by atomic mass is 10.0. The summed E-state index contributed by atoms with van der Waals surface area (Å²) in [7, 11) is 0. The molecule has 28 heavy (non-hydrogen) atoms. The van der Waals surface area contributed by atoms with Crippen LogP contribution in [0.2, 0.25) is 0 Å². The van der Waals surface area contributed by atoms with Crippen molar-refractivity contribution in [1.82, 2.24) is 14.2 Å². The number of hydrogen-bond acceptors (Lipinski definition) is 2. The minimum atomic E-state index is -0.211. The summed E-state index contributed by atoms with van der Waals surface area (Å²) in [5.74, 6) is 1.62. The highest BCUT2D eigenvalue weighted by Gasteiger charge is 2.22. The largest absolute Gasteiger partial charge is 0.485 e. The Hall–Kier alpha value is -3.08. The van der Waals surface area contributed by atoms with Crippen molar-refractivity contribution in [3.63, 3.8) is 0 Å². The highest BCUT2D eigenvalue weighted by molar-refractivity contribution is 5.75. The van der Waals surface area contributed by atoms with E-state index in [4.69, 9.17) is 9.84 Å². The zero-order valence-electron chi connectivity index (χ0n) is 15.9. The van der Waals surface area contributed by atoms with E-state index in [1.807, 2.05) is 47.8 Å². The van der Waals surface area contributed by atoms with Crippen LogP contribution in [0.15, 0.2) is 54.7 Å². The zero-order chi connectivity index (χ0) is 19.1. The summed E-state index contributed by atoms with van der Waals surface area (Å²) in [5.41, 5.74) is 5.73. The predicted molar refractivity (Wildman–Crippen MR) is 107 cm³/mol. The van der Waals surface area contributed by atoms with E-state index in [1.54, 1.807) is 0 Å². The quantitative estimate of drug-likeness (QED) is 0.493. The molecule has 4 aromatic rings. The van der Waals surface area contributed by atoms with E-state index in [-0.39, 0.29) is 5.82 Å². The van der Waals surface area contributed by atoms with Crippen LogP contribution in [-0.4, -0.2) is 14.2 Å². The topological polar surface area (TPSA) is 31.5 Å². The van der Waals surface area contributed by atoms with Crippen LogP contribution in [0.4, 0.5) is 4.39 Å². The summed E-state index contributed by atoms with van der Waals surface area (Å²) in [6.45, 7) is 3.43. The molecule has 0 fully saturated rings. The van der Waals surface area contributed by atoms with E-state index < -0.39 is 0 Å². The fourth-order valence-corrected chi connectivity index (χ4v) is 4.08. The predicted octanol–water partition coefficient (Wildman–Crippen LogP) is 5.17. The van der Waals surface area contributed by atoms with Crippen LogP contribution in [0, 0.1) is 12.7 Å². The van der Waals surface area contributed by atoms with Crippen LogP contribution in [0.1, 0.15) is 29.8 Å². The Balaban J connectivity index is 1.54. The molecule has 0 bridgehead atoms. The Bertz CT molecular complexity index is 1140. The van der Waals surface area contributed by atoms with Gasteiger partial charge in [-0.3, -0.25) is 0 Å². The highest BCUT2D eigenvalue weighted by Crippen LogP contribution is 2.33. The minimum absolute atomic E-state index is 0.211. The van der Waals surface area contributed by atoms with Crippen LogP contribution in [-0.2, 0) is 19.6 Å². The lowest BCUT2D eigenvalue weighted by Crippen LogP contribution is -2.07. The highest BCUT2D eigenvalue weighted by atomic mass is 19.1. The maximum absolute atomic E-state index is 13.3. The number of aromatic nitrogens is 3. The molecule has 0 unspecified atom stereocenters. The van der Waals surface area contributed by atoms with E-state index in [2.05, 4.69) is 10.8 Å². The van der Waals surface area contributed by atoms with Gasteiger partial charge in [-0.15, -0.1) is 5.10 Å². The van der Waals surface area contributed by atoms with Crippen molar-refractivity contribution >= 4 is 5.65 Å². The number of nitrogens with zero attached hydrogens (tertiary/aromatic N) is 3. The van der Waals surface area contributed by atoms with Gasteiger partial charge in [0.1, 0.15) is 23.8 Å². The molecule has 1 aliphatic heterocycles. The van der Waals surface area contributed by atoms with E-state index in [1.165, 1.54) is 17.7 Å². The number of hydrogen-bond donors (Lipinski definition) is 0. The van der Waals surface area contributed by atoms with Crippen LogP contribution in [0.25, 0.3) is 16.8 Å². The Labute approximate surface area is 163 Å². The lowest BCUT2D eigenvalue weighted by molar-refractivity contribution is 0.286. The minimum Gasteiger partial charge on any atom is -0.485 e. The molecule has 5 heteroatoms.